The standard InChI is InChI=1S/C18H21NO5/c1-4-10-19(12(3)17(21)23-5-2)16(20)15-11-13-8-6-7-9-14(13)18(22)24-15/h6-9,11-12H,4-5,10H2,1-3H3/t12-/m1/s1. The van der Waals surface area contributed by atoms with Gasteiger partial charge in [0.25, 0.3) is 5.91 Å². The van der Waals surface area contributed by atoms with Crippen LogP contribution in [0.3, 0.4) is 0 Å². The van der Waals surface area contributed by atoms with Crippen LogP contribution in [0, 0.1) is 0 Å². The quantitative estimate of drug-likeness (QED) is 0.760. The SMILES string of the molecule is CCCN(C(=O)c1cc2ccccc2c(=O)o1)[C@H](C)C(=O)OCC. The van der Waals surface area contributed by atoms with Gasteiger partial charge in [-0.3, -0.25) is 4.79 Å². The summed E-state index contributed by atoms with van der Waals surface area (Å²) in [5, 5.41) is 1.03. The third kappa shape index (κ3) is 3.64. The average molecular weight is 331 g/mol. The lowest BCUT2D eigenvalue weighted by Crippen LogP contribution is -2.44. The van der Waals surface area contributed by atoms with E-state index in [9.17, 15) is 14.4 Å². The minimum absolute atomic E-state index is 0.0803. The van der Waals surface area contributed by atoms with Crippen molar-refractivity contribution < 1.29 is 18.7 Å². The van der Waals surface area contributed by atoms with Crippen molar-refractivity contribution in [3.05, 3.63) is 46.5 Å². The van der Waals surface area contributed by atoms with Crippen LogP contribution in [0.25, 0.3) is 10.8 Å². The van der Waals surface area contributed by atoms with Crippen LogP contribution >= 0.6 is 0 Å². The summed E-state index contributed by atoms with van der Waals surface area (Å²) in [7, 11) is 0. The number of nitrogens with zero attached hydrogens (tertiary/aromatic N) is 1. The minimum atomic E-state index is -0.755. The predicted molar refractivity (Wildman–Crippen MR) is 89.9 cm³/mol. The number of carbonyl (C=O) groups excluding carboxylic acids is 2. The Hall–Kier alpha value is -2.63. The van der Waals surface area contributed by atoms with Crippen molar-refractivity contribution in [3.63, 3.8) is 0 Å². The monoisotopic (exact) mass is 331 g/mol. The van der Waals surface area contributed by atoms with Crippen molar-refractivity contribution >= 4 is 22.6 Å². The number of hydrogen-bond donors (Lipinski definition) is 0. The molecule has 0 aliphatic heterocycles. The zero-order valence-corrected chi connectivity index (χ0v) is 14.1. The maximum Gasteiger partial charge on any atom is 0.344 e. The van der Waals surface area contributed by atoms with E-state index in [4.69, 9.17) is 9.15 Å². The first kappa shape index (κ1) is 17.7. The topological polar surface area (TPSA) is 76.8 Å². The second-order valence-electron chi connectivity index (χ2n) is 5.41. The van der Waals surface area contributed by atoms with E-state index < -0.39 is 23.5 Å². The zero-order valence-electron chi connectivity index (χ0n) is 14.1. The smallest absolute Gasteiger partial charge is 0.344 e. The maximum absolute atomic E-state index is 12.8. The molecule has 6 nitrogen and oxygen atoms in total. The average Bonchev–Trinajstić information content (AvgIpc) is 2.58. The Bertz CT molecular complexity index is 795. The fraction of sp³-hybridized carbons (Fsp3) is 0.389. The molecule has 6 heteroatoms. The number of carbonyl (C=O) groups is 2. The van der Waals surface area contributed by atoms with E-state index in [1.807, 2.05) is 6.92 Å². The van der Waals surface area contributed by atoms with Crippen molar-refractivity contribution in [1.29, 1.82) is 0 Å². The molecular weight excluding hydrogens is 310 g/mol. The van der Waals surface area contributed by atoms with Gasteiger partial charge in [0.15, 0.2) is 5.76 Å². The molecule has 1 heterocycles. The molecule has 1 amide bonds. The summed E-state index contributed by atoms with van der Waals surface area (Å²) >= 11 is 0. The van der Waals surface area contributed by atoms with Gasteiger partial charge < -0.3 is 14.1 Å². The Labute approximate surface area is 140 Å². The van der Waals surface area contributed by atoms with Gasteiger partial charge in [-0.05, 0) is 37.8 Å². The first-order valence-electron chi connectivity index (χ1n) is 8.00. The lowest BCUT2D eigenvalue weighted by atomic mass is 10.1. The molecule has 1 atom stereocenters. The van der Waals surface area contributed by atoms with Gasteiger partial charge in [-0.2, -0.15) is 0 Å². The Morgan fingerprint density at radius 1 is 1.25 bits per heavy atom. The summed E-state index contributed by atoms with van der Waals surface area (Å²) in [5.74, 6) is -1.06. The molecule has 0 aliphatic carbocycles. The van der Waals surface area contributed by atoms with Gasteiger partial charge in [-0.1, -0.05) is 25.1 Å². The molecule has 128 valence electrons. The molecule has 0 unspecified atom stereocenters. The number of fused-ring (bicyclic) bond motifs is 1. The molecule has 0 bridgehead atoms. The van der Waals surface area contributed by atoms with Gasteiger partial charge >= 0.3 is 11.6 Å². The summed E-state index contributed by atoms with van der Waals surface area (Å²) in [5.41, 5.74) is -0.573. The number of esters is 1. The van der Waals surface area contributed by atoms with Gasteiger partial charge in [0.05, 0.1) is 12.0 Å². The van der Waals surface area contributed by atoms with Crippen molar-refractivity contribution in [1.82, 2.24) is 4.90 Å². The maximum atomic E-state index is 12.8. The normalized spacial score (nSPS) is 12.0. The van der Waals surface area contributed by atoms with Gasteiger partial charge in [-0.25, -0.2) is 9.59 Å². The van der Waals surface area contributed by atoms with E-state index in [1.54, 1.807) is 38.1 Å². The third-order valence-corrected chi connectivity index (χ3v) is 3.70. The number of amides is 1. The van der Waals surface area contributed by atoms with E-state index in [0.717, 1.165) is 0 Å². The molecule has 0 radical (unpaired) electrons. The van der Waals surface area contributed by atoms with Crippen LogP contribution < -0.4 is 5.63 Å². The fourth-order valence-corrected chi connectivity index (χ4v) is 2.48. The highest BCUT2D eigenvalue weighted by atomic mass is 16.5. The van der Waals surface area contributed by atoms with Gasteiger partial charge in [0.1, 0.15) is 6.04 Å². The highest BCUT2D eigenvalue weighted by Crippen LogP contribution is 2.15. The Balaban J connectivity index is 2.39. The van der Waals surface area contributed by atoms with E-state index >= 15 is 0 Å². The largest absolute Gasteiger partial charge is 0.464 e. The van der Waals surface area contributed by atoms with Crippen molar-refractivity contribution in [2.75, 3.05) is 13.2 Å². The Kier molecular flexibility index (Phi) is 5.73. The molecule has 0 saturated heterocycles. The summed E-state index contributed by atoms with van der Waals surface area (Å²) in [6.07, 6.45) is 0.660. The van der Waals surface area contributed by atoms with Crippen molar-refractivity contribution in [3.8, 4) is 0 Å². The van der Waals surface area contributed by atoms with Gasteiger partial charge in [0.2, 0.25) is 0 Å². The third-order valence-electron chi connectivity index (χ3n) is 3.70. The highest BCUT2D eigenvalue weighted by Gasteiger charge is 2.29. The molecule has 0 saturated carbocycles. The van der Waals surface area contributed by atoms with Crippen LogP contribution in [0.1, 0.15) is 37.7 Å². The first-order valence-corrected chi connectivity index (χ1v) is 8.00. The fourth-order valence-electron chi connectivity index (χ4n) is 2.48. The number of hydrogen-bond acceptors (Lipinski definition) is 5. The van der Waals surface area contributed by atoms with Crippen LogP contribution in [0.2, 0.25) is 0 Å². The van der Waals surface area contributed by atoms with Gasteiger partial charge in [-0.15, -0.1) is 0 Å². The Morgan fingerprint density at radius 2 is 1.96 bits per heavy atom. The lowest BCUT2D eigenvalue weighted by molar-refractivity contribution is -0.148. The molecule has 24 heavy (non-hydrogen) atoms. The van der Waals surface area contributed by atoms with Crippen molar-refractivity contribution in [2.45, 2.75) is 33.2 Å². The molecule has 2 rings (SSSR count). The van der Waals surface area contributed by atoms with Crippen LogP contribution in [0.15, 0.2) is 39.5 Å². The summed E-state index contributed by atoms with van der Waals surface area (Å²) in [4.78, 5) is 38.2. The summed E-state index contributed by atoms with van der Waals surface area (Å²) < 4.78 is 10.2. The molecule has 1 aromatic carbocycles. The summed E-state index contributed by atoms with van der Waals surface area (Å²) in [6, 6.07) is 7.66. The van der Waals surface area contributed by atoms with Gasteiger partial charge in [0, 0.05) is 6.54 Å². The van der Waals surface area contributed by atoms with E-state index in [2.05, 4.69) is 0 Å². The molecule has 0 fully saturated rings. The predicted octanol–water partition coefficient (Wildman–Crippen LogP) is 2.60. The second-order valence-corrected chi connectivity index (χ2v) is 5.41. The number of benzene rings is 1. The first-order chi connectivity index (χ1) is 11.5. The van der Waals surface area contributed by atoms with E-state index in [0.29, 0.717) is 23.7 Å². The molecule has 0 aliphatic rings. The molecule has 1 aromatic heterocycles. The summed E-state index contributed by atoms with van der Waals surface area (Å²) in [6.45, 7) is 5.80. The second kappa shape index (κ2) is 7.77. The van der Waals surface area contributed by atoms with E-state index in [-0.39, 0.29) is 12.4 Å². The minimum Gasteiger partial charge on any atom is -0.464 e. The van der Waals surface area contributed by atoms with Crippen LogP contribution in [-0.2, 0) is 9.53 Å². The highest BCUT2D eigenvalue weighted by molar-refractivity contribution is 5.97. The van der Waals surface area contributed by atoms with Crippen LogP contribution in [-0.4, -0.2) is 36.0 Å². The zero-order chi connectivity index (χ0) is 17.7. The number of rotatable bonds is 6. The van der Waals surface area contributed by atoms with Crippen LogP contribution in [0.5, 0.6) is 0 Å². The molecule has 0 N–H and O–H groups in total. The van der Waals surface area contributed by atoms with E-state index in [1.165, 1.54) is 11.0 Å². The molecular formula is C18H21NO5. The molecule has 2 aromatic rings. The lowest BCUT2D eigenvalue weighted by Gasteiger charge is -2.26. The molecule has 0 spiro atoms. The number of ether oxygens (including phenoxy) is 1. The van der Waals surface area contributed by atoms with Crippen LogP contribution in [0.4, 0.5) is 0 Å². The van der Waals surface area contributed by atoms with Crippen molar-refractivity contribution in [2.24, 2.45) is 0 Å². The Morgan fingerprint density at radius 3 is 2.62 bits per heavy atom.